The minimum Gasteiger partial charge on any atom is -0.419 e. The van der Waals surface area contributed by atoms with Crippen molar-refractivity contribution in [3.63, 3.8) is 0 Å². The largest absolute Gasteiger partial charge is 0.419 e. The van der Waals surface area contributed by atoms with Gasteiger partial charge in [0.2, 0.25) is 11.8 Å². The summed E-state index contributed by atoms with van der Waals surface area (Å²) in [6.45, 7) is 6.07. The third-order valence-corrected chi connectivity index (χ3v) is 4.01. The minimum absolute atomic E-state index is 0.0500. The Hall–Kier alpha value is -3.29. The van der Waals surface area contributed by atoms with Crippen LogP contribution in [0.3, 0.4) is 0 Å². The van der Waals surface area contributed by atoms with Crippen molar-refractivity contribution in [2.45, 2.75) is 40.2 Å². The normalized spacial score (nSPS) is 10.8. The van der Waals surface area contributed by atoms with E-state index in [-0.39, 0.29) is 18.1 Å². The zero-order valence-electron chi connectivity index (χ0n) is 15.5. The summed E-state index contributed by atoms with van der Waals surface area (Å²) in [6.07, 6.45) is 0.516. The number of Topliss-reactive ketones (excluding diaryl/α,β-unsaturated/α-hetero) is 1. The average molecular weight is 367 g/mol. The number of hydrogen-bond donors (Lipinski definition) is 1. The van der Waals surface area contributed by atoms with Crippen molar-refractivity contribution in [2.24, 2.45) is 0 Å². The average Bonchev–Trinajstić information content (AvgIpc) is 3.26. The lowest BCUT2D eigenvalue weighted by Gasteiger charge is -2.05. The molecule has 0 saturated carbocycles. The Morgan fingerprint density at radius 2 is 2.04 bits per heavy atom. The summed E-state index contributed by atoms with van der Waals surface area (Å²) in [7, 11) is 0. The summed E-state index contributed by atoms with van der Waals surface area (Å²) in [5.74, 6) is 0.539. The second kappa shape index (κ2) is 7.94. The summed E-state index contributed by atoms with van der Waals surface area (Å²) in [6, 6.07) is 8.72. The second-order valence-corrected chi connectivity index (χ2v) is 6.17. The molecule has 0 bridgehead atoms. The van der Waals surface area contributed by atoms with Crippen LogP contribution in [0.1, 0.15) is 42.2 Å². The van der Waals surface area contributed by atoms with Gasteiger partial charge in [-0.3, -0.25) is 14.3 Å². The Morgan fingerprint density at radius 1 is 1.22 bits per heavy atom. The Kier molecular flexibility index (Phi) is 5.44. The second-order valence-electron chi connectivity index (χ2n) is 6.17. The highest BCUT2D eigenvalue weighted by atomic mass is 16.4. The summed E-state index contributed by atoms with van der Waals surface area (Å²) < 4.78 is 7.46. The molecule has 8 heteroatoms. The number of aryl methyl sites for hydroxylation is 3. The fourth-order valence-electron chi connectivity index (χ4n) is 2.68. The van der Waals surface area contributed by atoms with E-state index in [9.17, 15) is 9.59 Å². The minimum atomic E-state index is -0.190. The quantitative estimate of drug-likeness (QED) is 0.644. The lowest BCUT2D eigenvalue weighted by atomic mass is 10.1. The highest BCUT2D eigenvalue weighted by Crippen LogP contribution is 2.20. The van der Waals surface area contributed by atoms with Gasteiger partial charge in [-0.2, -0.15) is 5.10 Å². The molecule has 0 aliphatic carbocycles. The van der Waals surface area contributed by atoms with Crippen LogP contribution >= 0.6 is 0 Å². The van der Waals surface area contributed by atoms with Crippen molar-refractivity contribution in [1.82, 2.24) is 20.0 Å². The number of aromatic nitrogens is 4. The van der Waals surface area contributed by atoms with Crippen LogP contribution in [0, 0.1) is 6.92 Å². The Bertz CT molecular complexity index is 973. The molecule has 1 N–H and O–H groups in total. The van der Waals surface area contributed by atoms with Crippen molar-refractivity contribution in [2.75, 3.05) is 5.32 Å². The molecule has 3 rings (SSSR count). The number of amides is 1. The van der Waals surface area contributed by atoms with Gasteiger partial charge in [0.05, 0.1) is 5.69 Å². The molecule has 8 nitrogen and oxygen atoms in total. The summed E-state index contributed by atoms with van der Waals surface area (Å²) in [5, 5.41) is 15.2. The van der Waals surface area contributed by atoms with Gasteiger partial charge < -0.3 is 9.73 Å². The first kappa shape index (κ1) is 18.5. The predicted molar refractivity (Wildman–Crippen MR) is 99.3 cm³/mol. The number of carbonyl (C=O) groups excluding carboxylic acids is 2. The predicted octanol–water partition coefficient (Wildman–Crippen LogP) is 3.04. The first-order chi connectivity index (χ1) is 13.0. The molecule has 0 aliphatic heterocycles. The maximum absolute atomic E-state index is 12.1. The fraction of sp³-hybridized carbons (Fsp3) is 0.316. The monoisotopic (exact) mass is 367 g/mol. The van der Waals surface area contributed by atoms with Gasteiger partial charge in [-0.1, -0.05) is 12.1 Å². The summed E-state index contributed by atoms with van der Waals surface area (Å²) in [4.78, 5) is 23.6. The van der Waals surface area contributed by atoms with E-state index < -0.39 is 0 Å². The van der Waals surface area contributed by atoms with Crippen LogP contribution in [0.4, 0.5) is 5.69 Å². The molecular formula is C19H21N5O3. The van der Waals surface area contributed by atoms with Gasteiger partial charge in [0, 0.05) is 30.6 Å². The molecule has 0 spiro atoms. The van der Waals surface area contributed by atoms with Crippen LogP contribution in [-0.4, -0.2) is 31.7 Å². The smallest absolute Gasteiger partial charge is 0.265 e. The van der Waals surface area contributed by atoms with Crippen molar-refractivity contribution in [3.05, 3.63) is 47.5 Å². The van der Waals surface area contributed by atoms with E-state index in [4.69, 9.17) is 4.42 Å². The maximum Gasteiger partial charge on any atom is 0.265 e. The molecule has 27 heavy (non-hydrogen) atoms. The highest BCUT2D eigenvalue weighted by molar-refractivity contribution is 5.97. The van der Waals surface area contributed by atoms with Crippen LogP contribution < -0.4 is 5.32 Å². The number of hydrogen-bond acceptors (Lipinski definition) is 6. The molecule has 0 unspecified atom stereocenters. The molecule has 0 fully saturated rings. The Labute approximate surface area is 156 Å². The highest BCUT2D eigenvalue weighted by Gasteiger charge is 2.15. The first-order valence-electron chi connectivity index (χ1n) is 8.74. The SMILES string of the molecule is CCn1nc(C)cc1-c1nnc(CCC(=O)Nc2cccc(C(C)=O)c2)o1. The Morgan fingerprint density at radius 3 is 2.78 bits per heavy atom. The van der Waals surface area contributed by atoms with E-state index in [1.807, 2.05) is 19.9 Å². The van der Waals surface area contributed by atoms with E-state index in [0.717, 1.165) is 11.4 Å². The zero-order valence-corrected chi connectivity index (χ0v) is 15.5. The molecule has 140 valence electrons. The van der Waals surface area contributed by atoms with Crippen LogP contribution in [0.5, 0.6) is 0 Å². The number of anilines is 1. The van der Waals surface area contributed by atoms with E-state index in [1.165, 1.54) is 6.92 Å². The third kappa shape index (κ3) is 4.46. The lowest BCUT2D eigenvalue weighted by Crippen LogP contribution is -2.12. The molecular weight excluding hydrogens is 346 g/mol. The summed E-state index contributed by atoms with van der Waals surface area (Å²) >= 11 is 0. The van der Waals surface area contributed by atoms with Gasteiger partial charge in [0.1, 0.15) is 5.69 Å². The number of nitrogens with zero attached hydrogens (tertiary/aromatic N) is 4. The molecule has 3 aromatic rings. The topological polar surface area (TPSA) is 103 Å². The van der Waals surface area contributed by atoms with E-state index in [2.05, 4.69) is 20.6 Å². The molecule has 0 aliphatic rings. The van der Waals surface area contributed by atoms with Gasteiger partial charge in [-0.05, 0) is 39.0 Å². The Balaban J connectivity index is 1.60. The van der Waals surface area contributed by atoms with E-state index >= 15 is 0 Å². The van der Waals surface area contributed by atoms with Crippen LogP contribution in [0.15, 0.2) is 34.7 Å². The van der Waals surface area contributed by atoms with Gasteiger partial charge in [0.15, 0.2) is 5.78 Å². The maximum atomic E-state index is 12.1. The molecule has 0 saturated heterocycles. The van der Waals surface area contributed by atoms with E-state index in [0.29, 0.717) is 36.0 Å². The van der Waals surface area contributed by atoms with Gasteiger partial charge in [-0.15, -0.1) is 10.2 Å². The number of nitrogens with one attached hydrogen (secondary N) is 1. The number of rotatable bonds is 7. The van der Waals surface area contributed by atoms with E-state index in [1.54, 1.807) is 28.9 Å². The van der Waals surface area contributed by atoms with Crippen molar-refractivity contribution in [3.8, 4) is 11.6 Å². The zero-order chi connectivity index (χ0) is 19.4. The van der Waals surface area contributed by atoms with Crippen LogP contribution in [0.2, 0.25) is 0 Å². The van der Waals surface area contributed by atoms with Crippen molar-refractivity contribution >= 4 is 17.4 Å². The van der Waals surface area contributed by atoms with Crippen LogP contribution in [-0.2, 0) is 17.8 Å². The molecule has 1 aromatic carbocycles. The van der Waals surface area contributed by atoms with Crippen molar-refractivity contribution < 1.29 is 14.0 Å². The third-order valence-electron chi connectivity index (χ3n) is 4.01. The first-order valence-corrected chi connectivity index (χ1v) is 8.74. The van der Waals surface area contributed by atoms with Gasteiger partial charge in [-0.25, -0.2) is 0 Å². The van der Waals surface area contributed by atoms with Crippen LogP contribution in [0.25, 0.3) is 11.6 Å². The number of carbonyl (C=O) groups is 2. The molecule has 0 radical (unpaired) electrons. The molecule has 2 heterocycles. The van der Waals surface area contributed by atoms with Gasteiger partial charge in [0.25, 0.3) is 5.89 Å². The fourth-order valence-corrected chi connectivity index (χ4v) is 2.68. The number of benzene rings is 1. The van der Waals surface area contributed by atoms with Gasteiger partial charge >= 0.3 is 0 Å². The molecule has 1 amide bonds. The molecule has 2 aromatic heterocycles. The standard InChI is InChI=1S/C19H21N5O3/c1-4-24-16(10-12(2)23-24)19-22-21-18(27-19)9-8-17(26)20-15-7-5-6-14(11-15)13(3)25/h5-7,10-11H,4,8-9H2,1-3H3,(H,20,26). The molecule has 0 atom stereocenters. The lowest BCUT2D eigenvalue weighted by molar-refractivity contribution is -0.116. The number of ketones is 1. The summed E-state index contributed by atoms with van der Waals surface area (Å²) in [5.41, 5.74) is 2.77. The van der Waals surface area contributed by atoms with Crippen molar-refractivity contribution in [1.29, 1.82) is 0 Å².